The van der Waals surface area contributed by atoms with Gasteiger partial charge in [-0.1, -0.05) is 41.1 Å². The third kappa shape index (κ3) is 3.16. The Hall–Kier alpha value is -1.26. The number of halogens is 1. The van der Waals surface area contributed by atoms with Gasteiger partial charge in [0.25, 0.3) is 5.91 Å². The summed E-state index contributed by atoms with van der Waals surface area (Å²) in [7, 11) is 0. The van der Waals surface area contributed by atoms with E-state index < -0.39 is 0 Å². The van der Waals surface area contributed by atoms with Crippen molar-refractivity contribution in [1.82, 2.24) is 0 Å². The number of thioether (sulfide) groups is 1. The third-order valence-electron chi connectivity index (χ3n) is 3.56. The fraction of sp³-hybridized carbons (Fsp3) is 0.235. The Bertz CT molecular complexity index is 673. The van der Waals surface area contributed by atoms with Crippen LogP contribution in [0.4, 0.5) is 5.69 Å². The van der Waals surface area contributed by atoms with E-state index >= 15 is 0 Å². The van der Waals surface area contributed by atoms with Crippen molar-refractivity contribution >= 4 is 39.3 Å². The van der Waals surface area contributed by atoms with Crippen molar-refractivity contribution in [2.24, 2.45) is 0 Å². The molecule has 2 nitrogen and oxygen atoms in total. The Morgan fingerprint density at radius 2 is 2.05 bits per heavy atom. The summed E-state index contributed by atoms with van der Waals surface area (Å²) in [6.45, 7) is 2.98. The summed E-state index contributed by atoms with van der Waals surface area (Å²) in [5, 5.41) is 0.520. The SMILES string of the molecule is C[C@H]1CCN(C(=O)c2cccc(Br)c2)c2ccccc2S1. The van der Waals surface area contributed by atoms with Crippen LogP contribution in [0.15, 0.2) is 57.9 Å². The molecular weight excluding hydrogens is 346 g/mol. The number of amides is 1. The van der Waals surface area contributed by atoms with Crippen LogP contribution in [-0.2, 0) is 0 Å². The number of hydrogen-bond acceptors (Lipinski definition) is 2. The molecular formula is C17H16BrNOS. The molecule has 1 atom stereocenters. The lowest BCUT2D eigenvalue weighted by molar-refractivity contribution is 0.0986. The summed E-state index contributed by atoms with van der Waals surface area (Å²) < 4.78 is 0.930. The van der Waals surface area contributed by atoms with Crippen LogP contribution in [0.25, 0.3) is 0 Å². The highest BCUT2D eigenvalue weighted by molar-refractivity contribution is 9.10. The van der Waals surface area contributed by atoms with Crippen molar-refractivity contribution in [2.75, 3.05) is 11.4 Å². The summed E-state index contributed by atoms with van der Waals surface area (Å²) in [5.41, 5.74) is 1.75. The number of nitrogens with zero attached hydrogens (tertiary/aromatic N) is 1. The number of carbonyl (C=O) groups is 1. The van der Waals surface area contributed by atoms with Crippen molar-refractivity contribution in [3.05, 3.63) is 58.6 Å². The Kier molecular flexibility index (Phi) is 4.36. The molecule has 0 bridgehead atoms. The molecule has 1 aliphatic heterocycles. The molecule has 21 heavy (non-hydrogen) atoms. The van der Waals surface area contributed by atoms with Crippen molar-refractivity contribution in [2.45, 2.75) is 23.5 Å². The van der Waals surface area contributed by atoms with Gasteiger partial charge in [-0.25, -0.2) is 0 Å². The zero-order valence-electron chi connectivity index (χ0n) is 11.8. The molecule has 2 aromatic carbocycles. The smallest absolute Gasteiger partial charge is 0.258 e. The molecule has 0 aliphatic carbocycles. The quantitative estimate of drug-likeness (QED) is 0.713. The predicted molar refractivity (Wildman–Crippen MR) is 92.2 cm³/mol. The molecule has 1 amide bonds. The maximum atomic E-state index is 12.9. The van der Waals surface area contributed by atoms with Crippen LogP contribution in [0.2, 0.25) is 0 Å². The minimum atomic E-state index is 0.0680. The van der Waals surface area contributed by atoms with Crippen LogP contribution in [0, 0.1) is 0 Å². The number of para-hydroxylation sites is 1. The van der Waals surface area contributed by atoms with Crippen LogP contribution in [0.3, 0.4) is 0 Å². The van der Waals surface area contributed by atoms with Gasteiger partial charge in [-0.2, -0.15) is 0 Å². The number of hydrogen-bond donors (Lipinski definition) is 0. The molecule has 4 heteroatoms. The first kappa shape index (κ1) is 14.7. The minimum Gasteiger partial charge on any atom is -0.307 e. The number of fused-ring (bicyclic) bond motifs is 1. The summed E-state index contributed by atoms with van der Waals surface area (Å²) in [4.78, 5) is 16.0. The molecule has 0 spiro atoms. The summed E-state index contributed by atoms with van der Waals surface area (Å²) >= 11 is 5.29. The summed E-state index contributed by atoms with van der Waals surface area (Å²) in [6, 6.07) is 15.8. The van der Waals surface area contributed by atoms with E-state index in [0.29, 0.717) is 5.25 Å². The van der Waals surface area contributed by atoms with Gasteiger partial charge in [0.1, 0.15) is 0 Å². The van der Waals surface area contributed by atoms with Gasteiger partial charge in [0, 0.05) is 26.7 Å². The number of carbonyl (C=O) groups excluding carboxylic acids is 1. The second-order valence-electron chi connectivity index (χ2n) is 5.15. The maximum Gasteiger partial charge on any atom is 0.258 e. The van der Waals surface area contributed by atoms with Crippen LogP contribution < -0.4 is 4.90 Å². The van der Waals surface area contributed by atoms with Crippen molar-refractivity contribution < 1.29 is 4.79 Å². The average molecular weight is 362 g/mol. The van der Waals surface area contributed by atoms with Crippen LogP contribution in [-0.4, -0.2) is 17.7 Å². The normalized spacial score (nSPS) is 18.0. The van der Waals surface area contributed by atoms with Gasteiger partial charge >= 0.3 is 0 Å². The van der Waals surface area contributed by atoms with E-state index in [1.54, 1.807) is 0 Å². The van der Waals surface area contributed by atoms with Gasteiger partial charge in [-0.15, -0.1) is 11.8 Å². The molecule has 0 fully saturated rings. The van der Waals surface area contributed by atoms with E-state index in [1.807, 2.05) is 59.1 Å². The first-order chi connectivity index (χ1) is 10.1. The van der Waals surface area contributed by atoms with Gasteiger partial charge in [-0.05, 0) is 36.8 Å². The highest BCUT2D eigenvalue weighted by Gasteiger charge is 2.24. The van der Waals surface area contributed by atoms with E-state index in [9.17, 15) is 4.79 Å². The average Bonchev–Trinajstić information content (AvgIpc) is 2.65. The first-order valence-corrected chi connectivity index (χ1v) is 8.65. The van der Waals surface area contributed by atoms with E-state index in [1.165, 1.54) is 4.90 Å². The Labute approximate surface area is 137 Å². The van der Waals surface area contributed by atoms with Gasteiger partial charge < -0.3 is 4.90 Å². The zero-order chi connectivity index (χ0) is 14.8. The van der Waals surface area contributed by atoms with Gasteiger partial charge in [-0.3, -0.25) is 4.79 Å². The second kappa shape index (κ2) is 6.24. The van der Waals surface area contributed by atoms with E-state index in [-0.39, 0.29) is 5.91 Å². The minimum absolute atomic E-state index is 0.0680. The molecule has 108 valence electrons. The standard InChI is InChI=1S/C17H16BrNOS/c1-12-9-10-19(15-7-2-3-8-16(15)21-12)17(20)13-5-4-6-14(18)11-13/h2-8,11-12H,9-10H2,1H3/t12-/m0/s1. The van der Waals surface area contributed by atoms with Crippen molar-refractivity contribution in [1.29, 1.82) is 0 Å². The highest BCUT2D eigenvalue weighted by atomic mass is 79.9. The fourth-order valence-corrected chi connectivity index (χ4v) is 3.99. The number of anilines is 1. The first-order valence-electron chi connectivity index (χ1n) is 6.98. The second-order valence-corrected chi connectivity index (χ2v) is 7.55. The van der Waals surface area contributed by atoms with Crippen molar-refractivity contribution in [3.63, 3.8) is 0 Å². The van der Waals surface area contributed by atoms with Gasteiger partial charge in [0.15, 0.2) is 0 Å². The zero-order valence-corrected chi connectivity index (χ0v) is 14.2. The van der Waals surface area contributed by atoms with E-state index in [2.05, 4.69) is 28.9 Å². The number of rotatable bonds is 1. The topological polar surface area (TPSA) is 20.3 Å². The molecule has 0 saturated carbocycles. The van der Waals surface area contributed by atoms with Crippen LogP contribution in [0.5, 0.6) is 0 Å². The molecule has 0 N–H and O–H groups in total. The van der Waals surface area contributed by atoms with E-state index in [0.717, 1.165) is 28.7 Å². The number of benzene rings is 2. The molecule has 0 aromatic heterocycles. The predicted octanol–water partition coefficient (Wildman–Crippen LogP) is 4.98. The maximum absolute atomic E-state index is 12.9. The largest absolute Gasteiger partial charge is 0.307 e. The summed E-state index contributed by atoms with van der Waals surface area (Å²) in [5.74, 6) is 0.0680. The Balaban J connectivity index is 2.00. The lowest BCUT2D eigenvalue weighted by Gasteiger charge is -2.22. The summed E-state index contributed by atoms with van der Waals surface area (Å²) in [6.07, 6.45) is 0.999. The molecule has 1 heterocycles. The van der Waals surface area contributed by atoms with Crippen molar-refractivity contribution in [3.8, 4) is 0 Å². The molecule has 3 rings (SSSR count). The lowest BCUT2D eigenvalue weighted by Crippen LogP contribution is -2.32. The molecule has 0 radical (unpaired) electrons. The van der Waals surface area contributed by atoms with Gasteiger partial charge in [0.2, 0.25) is 0 Å². The molecule has 2 aromatic rings. The Morgan fingerprint density at radius 3 is 2.86 bits per heavy atom. The van der Waals surface area contributed by atoms with Crippen LogP contribution >= 0.6 is 27.7 Å². The van der Waals surface area contributed by atoms with Crippen LogP contribution in [0.1, 0.15) is 23.7 Å². The molecule has 0 saturated heterocycles. The Morgan fingerprint density at radius 1 is 1.24 bits per heavy atom. The molecule has 0 unspecified atom stereocenters. The third-order valence-corrected chi connectivity index (χ3v) is 5.29. The highest BCUT2D eigenvalue weighted by Crippen LogP contribution is 2.37. The molecule has 1 aliphatic rings. The van der Waals surface area contributed by atoms with Gasteiger partial charge in [0.05, 0.1) is 5.69 Å². The van der Waals surface area contributed by atoms with E-state index in [4.69, 9.17) is 0 Å². The fourth-order valence-electron chi connectivity index (χ4n) is 2.48. The monoisotopic (exact) mass is 361 g/mol. The lowest BCUT2D eigenvalue weighted by atomic mass is 10.1.